The number of para-hydroxylation sites is 1. The van der Waals surface area contributed by atoms with E-state index in [1.807, 2.05) is 31.2 Å². The Balaban J connectivity index is 1.80. The Kier molecular flexibility index (Phi) is 4.36. The third-order valence-electron chi connectivity index (χ3n) is 4.16. The van der Waals surface area contributed by atoms with E-state index in [4.69, 9.17) is 0 Å². The van der Waals surface area contributed by atoms with Gasteiger partial charge in [0.15, 0.2) is 0 Å². The number of aromatic amines is 1. The number of halogens is 1. The van der Waals surface area contributed by atoms with E-state index in [0.29, 0.717) is 11.1 Å². The molecule has 0 fully saturated rings. The normalized spacial score (nSPS) is 13.7. The summed E-state index contributed by atoms with van der Waals surface area (Å²) in [6.07, 6.45) is -0.917. The summed E-state index contributed by atoms with van der Waals surface area (Å²) in [5.41, 5.74) is 2.80. The van der Waals surface area contributed by atoms with Crippen molar-refractivity contribution in [3.8, 4) is 0 Å². The lowest BCUT2D eigenvalue weighted by Crippen LogP contribution is -2.37. The van der Waals surface area contributed by atoms with Crippen LogP contribution in [0.15, 0.2) is 48.5 Å². The number of carbonyl (C=O) groups excluding carboxylic acids is 1. The number of carbonyl (C=O) groups is 1. The van der Waals surface area contributed by atoms with Gasteiger partial charge in [-0.15, -0.1) is 0 Å². The number of nitrogens with one attached hydrogen (secondary N) is 2. The molecule has 5 heteroatoms. The lowest BCUT2D eigenvalue weighted by atomic mass is 10.0. The minimum atomic E-state index is -0.917. The molecular formula is C19H19FN2O2. The molecule has 1 amide bonds. The van der Waals surface area contributed by atoms with Gasteiger partial charge in [0.2, 0.25) is 0 Å². The van der Waals surface area contributed by atoms with Crippen molar-refractivity contribution in [2.24, 2.45) is 0 Å². The number of benzene rings is 2. The number of aryl methyl sites for hydroxylation is 1. The molecule has 0 saturated heterocycles. The van der Waals surface area contributed by atoms with Crippen LogP contribution in [0.3, 0.4) is 0 Å². The minimum absolute atomic E-state index is 0.251. The van der Waals surface area contributed by atoms with Gasteiger partial charge in [-0.1, -0.05) is 30.3 Å². The fourth-order valence-corrected chi connectivity index (χ4v) is 2.88. The van der Waals surface area contributed by atoms with Crippen molar-refractivity contribution in [3.05, 3.63) is 71.2 Å². The summed E-state index contributed by atoms with van der Waals surface area (Å²) in [6.45, 7) is 3.56. The average molecular weight is 326 g/mol. The fraction of sp³-hybridized carbons (Fsp3) is 0.211. The van der Waals surface area contributed by atoms with E-state index in [1.165, 1.54) is 24.3 Å². The number of hydrogen-bond donors (Lipinski definition) is 3. The van der Waals surface area contributed by atoms with Crippen molar-refractivity contribution < 1.29 is 14.3 Å². The van der Waals surface area contributed by atoms with E-state index < -0.39 is 12.1 Å². The Morgan fingerprint density at radius 2 is 1.83 bits per heavy atom. The summed E-state index contributed by atoms with van der Waals surface area (Å²) >= 11 is 0. The first-order valence-electron chi connectivity index (χ1n) is 7.79. The van der Waals surface area contributed by atoms with E-state index >= 15 is 0 Å². The predicted molar refractivity (Wildman–Crippen MR) is 91.3 cm³/mol. The monoisotopic (exact) mass is 326 g/mol. The van der Waals surface area contributed by atoms with Gasteiger partial charge in [-0.05, 0) is 37.6 Å². The van der Waals surface area contributed by atoms with E-state index in [2.05, 4.69) is 10.3 Å². The molecule has 1 aromatic heterocycles. The van der Waals surface area contributed by atoms with Crippen molar-refractivity contribution in [2.45, 2.75) is 26.0 Å². The van der Waals surface area contributed by atoms with Crippen LogP contribution >= 0.6 is 0 Å². The topological polar surface area (TPSA) is 65.1 Å². The van der Waals surface area contributed by atoms with Crippen LogP contribution < -0.4 is 5.32 Å². The molecule has 0 bridgehead atoms. The van der Waals surface area contributed by atoms with Crippen LogP contribution in [0.25, 0.3) is 10.9 Å². The zero-order chi connectivity index (χ0) is 17.3. The SMILES string of the molecule is Cc1[nH]c2ccccc2c1C(=O)NC(C)C(O)c1ccc(F)cc1. The number of aliphatic hydroxyl groups excluding tert-OH is 1. The number of rotatable bonds is 4. The van der Waals surface area contributed by atoms with Crippen LogP contribution in [0.5, 0.6) is 0 Å². The maximum absolute atomic E-state index is 13.0. The molecule has 2 aromatic carbocycles. The second-order valence-corrected chi connectivity index (χ2v) is 5.93. The highest BCUT2D eigenvalue weighted by molar-refractivity contribution is 6.08. The summed E-state index contributed by atoms with van der Waals surface area (Å²) in [4.78, 5) is 15.8. The van der Waals surface area contributed by atoms with Gasteiger partial charge in [0.25, 0.3) is 5.91 Å². The maximum Gasteiger partial charge on any atom is 0.254 e. The van der Waals surface area contributed by atoms with Gasteiger partial charge in [-0.2, -0.15) is 0 Å². The molecule has 0 spiro atoms. The highest BCUT2D eigenvalue weighted by atomic mass is 19.1. The first-order valence-corrected chi connectivity index (χ1v) is 7.79. The summed E-state index contributed by atoms with van der Waals surface area (Å²) in [5.74, 6) is -0.615. The molecule has 124 valence electrons. The molecule has 0 aliphatic rings. The quantitative estimate of drug-likeness (QED) is 0.687. The molecule has 1 heterocycles. The summed E-state index contributed by atoms with van der Waals surface area (Å²) in [7, 11) is 0. The van der Waals surface area contributed by atoms with Gasteiger partial charge in [-0.25, -0.2) is 4.39 Å². The number of aliphatic hydroxyl groups is 1. The zero-order valence-electron chi connectivity index (χ0n) is 13.5. The van der Waals surface area contributed by atoms with Crippen LogP contribution in [-0.4, -0.2) is 22.0 Å². The summed E-state index contributed by atoms with van der Waals surface area (Å²) in [6, 6.07) is 12.7. The lowest BCUT2D eigenvalue weighted by molar-refractivity contribution is 0.0853. The highest BCUT2D eigenvalue weighted by Gasteiger charge is 2.22. The standard InChI is InChI=1S/C19H19FN2O2/c1-11-17(15-5-3-4-6-16(15)21-11)19(24)22-12(2)18(23)13-7-9-14(20)10-8-13/h3-10,12,18,21,23H,1-2H3,(H,22,24). The number of H-pyrrole nitrogens is 1. The van der Waals surface area contributed by atoms with Crippen LogP contribution in [0.4, 0.5) is 4.39 Å². The van der Waals surface area contributed by atoms with Gasteiger partial charge >= 0.3 is 0 Å². The molecule has 24 heavy (non-hydrogen) atoms. The Morgan fingerprint density at radius 3 is 2.54 bits per heavy atom. The van der Waals surface area contributed by atoms with Crippen LogP contribution in [-0.2, 0) is 0 Å². The molecule has 3 aromatic rings. The van der Waals surface area contributed by atoms with Crippen LogP contribution in [0.1, 0.15) is 34.6 Å². The van der Waals surface area contributed by atoms with Crippen molar-refractivity contribution in [3.63, 3.8) is 0 Å². The second kappa shape index (κ2) is 6.45. The number of hydrogen-bond acceptors (Lipinski definition) is 2. The number of aromatic nitrogens is 1. The van der Waals surface area contributed by atoms with Crippen molar-refractivity contribution >= 4 is 16.8 Å². The molecule has 0 radical (unpaired) electrons. The van der Waals surface area contributed by atoms with E-state index in [0.717, 1.165) is 16.6 Å². The number of amides is 1. The molecular weight excluding hydrogens is 307 g/mol. The third-order valence-corrected chi connectivity index (χ3v) is 4.16. The molecule has 0 aliphatic carbocycles. The Labute approximate surface area is 139 Å². The minimum Gasteiger partial charge on any atom is -0.386 e. The highest BCUT2D eigenvalue weighted by Crippen LogP contribution is 2.23. The zero-order valence-corrected chi connectivity index (χ0v) is 13.5. The first-order chi connectivity index (χ1) is 11.5. The molecule has 0 saturated carbocycles. The van der Waals surface area contributed by atoms with Crippen molar-refractivity contribution in [2.75, 3.05) is 0 Å². The van der Waals surface area contributed by atoms with Crippen molar-refractivity contribution in [1.29, 1.82) is 0 Å². The van der Waals surface area contributed by atoms with Gasteiger partial charge in [0.1, 0.15) is 5.82 Å². The molecule has 2 atom stereocenters. The largest absolute Gasteiger partial charge is 0.386 e. The molecule has 4 nitrogen and oxygen atoms in total. The smallest absolute Gasteiger partial charge is 0.254 e. The Hall–Kier alpha value is -2.66. The third kappa shape index (κ3) is 3.03. The summed E-state index contributed by atoms with van der Waals surface area (Å²) < 4.78 is 13.0. The van der Waals surface area contributed by atoms with Crippen LogP contribution in [0.2, 0.25) is 0 Å². The van der Waals surface area contributed by atoms with E-state index in [9.17, 15) is 14.3 Å². The molecule has 2 unspecified atom stereocenters. The molecule has 0 aliphatic heterocycles. The summed E-state index contributed by atoms with van der Waals surface area (Å²) in [5, 5.41) is 14.0. The average Bonchev–Trinajstić information content (AvgIpc) is 2.90. The molecule has 3 rings (SSSR count). The fourth-order valence-electron chi connectivity index (χ4n) is 2.88. The molecule has 3 N–H and O–H groups in total. The predicted octanol–water partition coefficient (Wildman–Crippen LogP) is 3.47. The Bertz CT molecular complexity index is 871. The lowest BCUT2D eigenvalue weighted by Gasteiger charge is -2.20. The van der Waals surface area contributed by atoms with Gasteiger partial charge < -0.3 is 15.4 Å². The number of fused-ring (bicyclic) bond motifs is 1. The van der Waals surface area contributed by atoms with Crippen LogP contribution in [0, 0.1) is 12.7 Å². The second-order valence-electron chi connectivity index (χ2n) is 5.93. The van der Waals surface area contributed by atoms with Gasteiger partial charge in [0, 0.05) is 16.6 Å². The van der Waals surface area contributed by atoms with Crippen molar-refractivity contribution in [1.82, 2.24) is 10.3 Å². The van der Waals surface area contributed by atoms with Gasteiger partial charge in [-0.3, -0.25) is 4.79 Å². The van der Waals surface area contributed by atoms with E-state index in [1.54, 1.807) is 6.92 Å². The Morgan fingerprint density at radius 1 is 1.17 bits per heavy atom. The van der Waals surface area contributed by atoms with Gasteiger partial charge in [0.05, 0.1) is 17.7 Å². The first kappa shape index (κ1) is 16.2. The maximum atomic E-state index is 13.0. The van der Waals surface area contributed by atoms with E-state index in [-0.39, 0.29) is 11.7 Å².